The second-order valence-electron chi connectivity index (χ2n) is 9.83. The summed E-state index contributed by atoms with van der Waals surface area (Å²) in [4.78, 5) is 40.0. The molecule has 4 rings (SSSR count). The van der Waals surface area contributed by atoms with Gasteiger partial charge in [-0.25, -0.2) is 4.98 Å². The Labute approximate surface area is 218 Å². The van der Waals surface area contributed by atoms with Crippen LogP contribution in [0.2, 0.25) is 0 Å². The second kappa shape index (κ2) is 12.6. The van der Waals surface area contributed by atoms with Crippen molar-refractivity contribution in [3.63, 3.8) is 0 Å². The third kappa shape index (κ3) is 6.63. The number of para-hydroxylation sites is 3. The van der Waals surface area contributed by atoms with E-state index in [0.717, 1.165) is 24.8 Å². The van der Waals surface area contributed by atoms with Crippen LogP contribution in [0.4, 0.5) is 0 Å². The molecule has 0 saturated carbocycles. The molecule has 1 aliphatic rings. The zero-order valence-electron chi connectivity index (χ0n) is 21.9. The summed E-state index contributed by atoms with van der Waals surface area (Å²) >= 11 is 0. The van der Waals surface area contributed by atoms with Gasteiger partial charge in [-0.15, -0.1) is 0 Å². The van der Waals surface area contributed by atoms with Crippen molar-refractivity contribution in [2.75, 3.05) is 40.0 Å². The number of benzene rings is 2. The number of amides is 2. The van der Waals surface area contributed by atoms with E-state index in [9.17, 15) is 9.59 Å². The molecule has 0 fully saturated rings. The minimum absolute atomic E-state index is 0.0620. The minimum atomic E-state index is -0.173. The van der Waals surface area contributed by atoms with E-state index in [1.165, 1.54) is 0 Å². The summed E-state index contributed by atoms with van der Waals surface area (Å²) in [5, 5.41) is 0. The van der Waals surface area contributed by atoms with Crippen LogP contribution in [0.3, 0.4) is 0 Å². The molecule has 0 unspecified atom stereocenters. The monoisotopic (exact) mass is 504 g/mol. The Morgan fingerprint density at radius 1 is 1.08 bits per heavy atom. The van der Waals surface area contributed by atoms with Gasteiger partial charge in [0.15, 0.2) is 0 Å². The maximum Gasteiger partial charge on any atom is 0.274 e. The Hall–Kier alpha value is -3.52. The first-order chi connectivity index (χ1) is 18.0. The van der Waals surface area contributed by atoms with Crippen LogP contribution in [0, 0.1) is 5.92 Å². The topological polar surface area (TPSA) is 84.9 Å². The molecular formula is C29H36N4O4. The predicted octanol–water partition coefficient (Wildman–Crippen LogP) is 4.45. The van der Waals surface area contributed by atoms with Crippen LogP contribution < -0.4 is 4.74 Å². The molecule has 2 amide bonds. The molecule has 1 aromatic heterocycles. The molecule has 2 heterocycles. The van der Waals surface area contributed by atoms with Crippen LogP contribution in [-0.2, 0) is 4.74 Å². The van der Waals surface area contributed by atoms with Gasteiger partial charge in [0.05, 0.1) is 35.4 Å². The molecule has 37 heavy (non-hydrogen) atoms. The fourth-order valence-electron chi connectivity index (χ4n) is 4.71. The van der Waals surface area contributed by atoms with Gasteiger partial charge in [0.2, 0.25) is 0 Å². The van der Waals surface area contributed by atoms with Gasteiger partial charge in [-0.05, 0) is 49.4 Å². The number of carbonyl (C=O) groups excluding carboxylic acids is 2. The van der Waals surface area contributed by atoms with E-state index in [1.54, 1.807) is 24.3 Å². The Kier molecular flexibility index (Phi) is 9.06. The summed E-state index contributed by atoms with van der Waals surface area (Å²) in [6.07, 6.45) is 3.84. The first kappa shape index (κ1) is 26.5. The fourth-order valence-corrected chi connectivity index (χ4v) is 4.71. The quantitative estimate of drug-likeness (QED) is 0.493. The molecule has 1 atom stereocenters. The van der Waals surface area contributed by atoms with Gasteiger partial charge in [-0.3, -0.25) is 14.6 Å². The van der Waals surface area contributed by atoms with Crippen molar-refractivity contribution < 1.29 is 19.1 Å². The smallest absolute Gasteiger partial charge is 0.274 e. The minimum Gasteiger partial charge on any atom is -0.491 e. The van der Waals surface area contributed by atoms with Gasteiger partial charge >= 0.3 is 0 Å². The average molecular weight is 505 g/mol. The predicted molar refractivity (Wildman–Crippen MR) is 143 cm³/mol. The molecule has 0 N–H and O–H groups in total. The summed E-state index contributed by atoms with van der Waals surface area (Å²) in [6, 6.07) is 14.7. The van der Waals surface area contributed by atoms with Crippen LogP contribution in [0.1, 0.15) is 54.0 Å². The van der Waals surface area contributed by atoms with Crippen molar-refractivity contribution in [2.24, 2.45) is 5.92 Å². The molecule has 1 aliphatic heterocycles. The average Bonchev–Trinajstić information content (AvgIpc) is 2.91. The highest BCUT2D eigenvalue weighted by atomic mass is 16.5. The SMILES string of the molecule is COCCN1CCCCN(C(=O)c2cnc3ccccc3n2)[C@@H](CC(C)C)COc2ccccc2C1=O. The number of ether oxygens (including phenoxy) is 2. The molecule has 0 aliphatic carbocycles. The van der Waals surface area contributed by atoms with Crippen LogP contribution in [0.15, 0.2) is 54.7 Å². The molecular weight excluding hydrogens is 468 g/mol. The number of carbonyl (C=O) groups is 2. The molecule has 0 bridgehead atoms. The third-order valence-electron chi connectivity index (χ3n) is 6.59. The molecule has 0 saturated heterocycles. The zero-order chi connectivity index (χ0) is 26.2. The highest BCUT2D eigenvalue weighted by Crippen LogP contribution is 2.24. The van der Waals surface area contributed by atoms with E-state index in [2.05, 4.69) is 23.8 Å². The van der Waals surface area contributed by atoms with Crippen molar-refractivity contribution in [1.29, 1.82) is 0 Å². The van der Waals surface area contributed by atoms with Crippen LogP contribution in [-0.4, -0.2) is 77.6 Å². The highest BCUT2D eigenvalue weighted by Gasteiger charge is 2.29. The number of hydrogen-bond donors (Lipinski definition) is 0. The molecule has 8 nitrogen and oxygen atoms in total. The second-order valence-corrected chi connectivity index (χ2v) is 9.83. The standard InChI is InChI=1S/C29H36N4O4/c1-21(2)18-22-20-37-27-13-7-4-10-23(27)28(34)32(16-17-36-3)14-8-9-15-33(22)29(35)26-19-30-24-11-5-6-12-25(24)31-26/h4-7,10-13,19,21-22H,8-9,14-18,20H2,1-3H3/t22-/m0/s1. The van der Waals surface area contributed by atoms with E-state index >= 15 is 0 Å². The van der Waals surface area contributed by atoms with Crippen molar-refractivity contribution in [1.82, 2.24) is 19.8 Å². The maximum atomic E-state index is 13.8. The largest absolute Gasteiger partial charge is 0.491 e. The number of nitrogens with zero attached hydrogens (tertiary/aromatic N) is 4. The van der Waals surface area contributed by atoms with Crippen molar-refractivity contribution in [3.05, 3.63) is 66.0 Å². The number of methoxy groups -OCH3 is 1. The number of hydrogen-bond acceptors (Lipinski definition) is 6. The van der Waals surface area contributed by atoms with E-state index in [1.807, 2.05) is 47.4 Å². The Morgan fingerprint density at radius 2 is 1.81 bits per heavy atom. The van der Waals surface area contributed by atoms with Crippen molar-refractivity contribution in [2.45, 2.75) is 39.2 Å². The summed E-state index contributed by atoms with van der Waals surface area (Å²) < 4.78 is 11.5. The van der Waals surface area contributed by atoms with E-state index in [-0.39, 0.29) is 24.5 Å². The first-order valence-corrected chi connectivity index (χ1v) is 13.0. The molecule has 196 valence electrons. The highest BCUT2D eigenvalue weighted by molar-refractivity contribution is 5.97. The lowest BCUT2D eigenvalue weighted by Gasteiger charge is -2.34. The van der Waals surface area contributed by atoms with Crippen molar-refractivity contribution in [3.8, 4) is 5.75 Å². The Bertz CT molecular complexity index is 1220. The van der Waals surface area contributed by atoms with Gasteiger partial charge < -0.3 is 19.3 Å². The molecule has 0 spiro atoms. The Balaban J connectivity index is 1.66. The maximum absolute atomic E-state index is 13.8. The first-order valence-electron chi connectivity index (χ1n) is 13.0. The summed E-state index contributed by atoms with van der Waals surface area (Å²) in [5.74, 6) is 0.668. The lowest BCUT2D eigenvalue weighted by molar-refractivity contribution is 0.0540. The normalized spacial score (nSPS) is 17.2. The van der Waals surface area contributed by atoms with E-state index in [4.69, 9.17) is 9.47 Å². The lowest BCUT2D eigenvalue weighted by atomic mass is 10.0. The van der Waals surface area contributed by atoms with Gasteiger partial charge in [-0.2, -0.15) is 0 Å². The van der Waals surface area contributed by atoms with Crippen LogP contribution in [0.25, 0.3) is 11.0 Å². The van der Waals surface area contributed by atoms with Crippen LogP contribution >= 0.6 is 0 Å². The third-order valence-corrected chi connectivity index (χ3v) is 6.59. The number of aromatic nitrogens is 2. The van der Waals surface area contributed by atoms with Gasteiger partial charge in [0.25, 0.3) is 11.8 Å². The lowest BCUT2D eigenvalue weighted by Crippen LogP contribution is -2.46. The molecule has 2 aromatic carbocycles. The zero-order valence-corrected chi connectivity index (χ0v) is 21.9. The fraction of sp³-hybridized carbons (Fsp3) is 0.448. The van der Waals surface area contributed by atoms with Gasteiger partial charge in [0, 0.05) is 26.7 Å². The summed E-state index contributed by atoms with van der Waals surface area (Å²) in [7, 11) is 1.63. The summed E-state index contributed by atoms with van der Waals surface area (Å²) in [6.45, 7) is 6.63. The Morgan fingerprint density at radius 3 is 2.59 bits per heavy atom. The van der Waals surface area contributed by atoms with E-state index in [0.29, 0.717) is 54.7 Å². The van der Waals surface area contributed by atoms with Gasteiger partial charge in [-0.1, -0.05) is 38.1 Å². The number of fused-ring (bicyclic) bond motifs is 2. The van der Waals surface area contributed by atoms with Crippen molar-refractivity contribution >= 4 is 22.8 Å². The molecule has 3 aromatic rings. The van der Waals surface area contributed by atoms with Crippen LogP contribution in [0.5, 0.6) is 5.75 Å². The van der Waals surface area contributed by atoms with E-state index < -0.39 is 0 Å². The summed E-state index contributed by atoms with van der Waals surface area (Å²) in [5.41, 5.74) is 2.31. The molecule has 8 heteroatoms. The van der Waals surface area contributed by atoms with Gasteiger partial charge in [0.1, 0.15) is 18.1 Å². The molecule has 0 radical (unpaired) electrons. The number of rotatable bonds is 6.